The van der Waals surface area contributed by atoms with E-state index >= 15 is 0 Å². The van der Waals surface area contributed by atoms with Crippen molar-refractivity contribution >= 4 is 29.5 Å². The Bertz CT molecular complexity index is 1030. The number of nitrogens with zero attached hydrogens (tertiary/aromatic N) is 2. The van der Waals surface area contributed by atoms with Crippen molar-refractivity contribution < 1.29 is 23.5 Å². The number of rotatable bonds is 5. The highest BCUT2D eigenvalue weighted by Crippen LogP contribution is 2.26. The molecule has 1 atom stereocenters. The number of halogens is 1. The predicted molar refractivity (Wildman–Crippen MR) is 98.9 cm³/mol. The molecule has 2 heterocycles. The molecule has 9 nitrogen and oxygen atoms in total. The van der Waals surface area contributed by atoms with Crippen LogP contribution in [0.2, 0.25) is 5.02 Å². The third kappa shape index (κ3) is 4.21. The molecule has 1 unspecified atom stereocenters. The maximum Gasteiger partial charge on any atom is 0.359 e. The molecule has 0 radical (unpaired) electrons. The number of hydrogen-bond donors (Lipinski definition) is 2. The second-order valence-corrected chi connectivity index (χ2v) is 6.12. The van der Waals surface area contributed by atoms with E-state index in [0.29, 0.717) is 22.2 Å². The van der Waals surface area contributed by atoms with Gasteiger partial charge < -0.3 is 14.9 Å². The van der Waals surface area contributed by atoms with Crippen molar-refractivity contribution in [2.75, 3.05) is 0 Å². The lowest BCUT2D eigenvalue weighted by Crippen LogP contribution is -2.42. The number of esters is 1. The molecule has 28 heavy (non-hydrogen) atoms. The van der Waals surface area contributed by atoms with Gasteiger partial charge in [0, 0.05) is 11.1 Å². The molecule has 0 bridgehead atoms. The van der Waals surface area contributed by atoms with E-state index in [9.17, 15) is 14.4 Å². The average Bonchev–Trinajstić information content (AvgIpc) is 3.30. The average molecular weight is 403 g/mol. The summed E-state index contributed by atoms with van der Waals surface area (Å²) >= 11 is 6.05. The number of ether oxygens (including phenoxy) is 1. The van der Waals surface area contributed by atoms with Crippen molar-refractivity contribution in [2.24, 2.45) is 5.73 Å². The second-order valence-electron chi connectivity index (χ2n) is 5.68. The Labute approximate surface area is 164 Å². The third-order valence-electron chi connectivity index (χ3n) is 3.64. The number of furan rings is 1. The molecule has 3 rings (SSSR count). The number of amides is 3. The Morgan fingerprint density at radius 2 is 2.04 bits per heavy atom. The number of imide groups is 1. The zero-order chi connectivity index (χ0) is 20.3. The zero-order valence-electron chi connectivity index (χ0n) is 14.6. The number of nitrogens with two attached hydrogens (primary N) is 1. The monoisotopic (exact) mass is 402 g/mol. The van der Waals surface area contributed by atoms with E-state index < -0.39 is 24.0 Å². The number of urea groups is 1. The Morgan fingerprint density at radius 3 is 2.68 bits per heavy atom. The molecule has 144 valence electrons. The van der Waals surface area contributed by atoms with Gasteiger partial charge in [0.05, 0.1) is 12.0 Å². The number of carbonyl (C=O) groups excluding carboxylic acids is 3. The first-order valence-electron chi connectivity index (χ1n) is 8.06. The SMILES string of the molecule is CC(OC(=O)c1cc(-c2ccco2)n(-c2cccc(Cl)c2)n1)C(=O)NC(N)=O. The van der Waals surface area contributed by atoms with E-state index in [1.165, 1.54) is 23.9 Å². The van der Waals surface area contributed by atoms with Crippen molar-refractivity contribution in [3.05, 3.63) is 59.4 Å². The number of nitrogens with one attached hydrogen (secondary N) is 1. The fourth-order valence-corrected chi connectivity index (χ4v) is 2.57. The van der Waals surface area contributed by atoms with Crippen LogP contribution in [-0.2, 0) is 9.53 Å². The summed E-state index contributed by atoms with van der Waals surface area (Å²) in [6.45, 7) is 1.30. The summed E-state index contributed by atoms with van der Waals surface area (Å²) in [4.78, 5) is 34.9. The fourth-order valence-electron chi connectivity index (χ4n) is 2.38. The highest BCUT2D eigenvalue weighted by Gasteiger charge is 2.24. The number of aromatic nitrogens is 2. The first kappa shape index (κ1) is 19.2. The van der Waals surface area contributed by atoms with Gasteiger partial charge >= 0.3 is 12.0 Å². The zero-order valence-corrected chi connectivity index (χ0v) is 15.3. The van der Waals surface area contributed by atoms with E-state index in [0.717, 1.165) is 0 Å². The minimum atomic E-state index is -1.25. The summed E-state index contributed by atoms with van der Waals surface area (Å²) in [5.74, 6) is -1.24. The summed E-state index contributed by atoms with van der Waals surface area (Å²) in [6.07, 6.45) is 0.238. The second kappa shape index (κ2) is 7.97. The fraction of sp³-hybridized carbons (Fsp3) is 0.111. The van der Waals surface area contributed by atoms with Gasteiger partial charge in [-0.05, 0) is 37.3 Å². The maximum absolute atomic E-state index is 12.4. The van der Waals surface area contributed by atoms with E-state index in [4.69, 9.17) is 26.5 Å². The molecule has 3 amide bonds. The summed E-state index contributed by atoms with van der Waals surface area (Å²) in [5, 5.41) is 6.57. The number of benzene rings is 1. The minimum absolute atomic E-state index is 0.0647. The van der Waals surface area contributed by atoms with Gasteiger partial charge in [-0.2, -0.15) is 5.10 Å². The van der Waals surface area contributed by atoms with Crippen LogP contribution >= 0.6 is 11.6 Å². The molecular weight excluding hydrogens is 388 g/mol. The third-order valence-corrected chi connectivity index (χ3v) is 3.88. The predicted octanol–water partition coefficient (Wildman–Crippen LogP) is 2.53. The highest BCUT2D eigenvalue weighted by molar-refractivity contribution is 6.30. The molecule has 0 fully saturated rings. The molecule has 10 heteroatoms. The summed E-state index contributed by atoms with van der Waals surface area (Å²) in [6, 6.07) is 10.7. The van der Waals surface area contributed by atoms with Gasteiger partial charge in [0.2, 0.25) is 0 Å². The Hall–Kier alpha value is -3.59. The number of primary amides is 1. The molecule has 0 saturated carbocycles. The summed E-state index contributed by atoms with van der Waals surface area (Å²) in [5.41, 5.74) is 5.89. The largest absolute Gasteiger partial charge is 0.463 e. The first-order chi connectivity index (χ1) is 13.3. The van der Waals surface area contributed by atoms with Gasteiger partial charge in [-0.3, -0.25) is 10.1 Å². The van der Waals surface area contributed by atoms with E-state index in [2.05, 4.69) is 5.10 Å². The van der Waals surface area contributed by atoms with E-state index in [1.54, 1.807) is 36.4 Å². The Balaban J connectivity index is 1.92. The standard InChI is InChI=1S/C18H15ClN4O5/c1-10(16(24)21-18(20)26)28-17(25)13-9-14(15-6-3-7-27-15)23(22-13)12-5-2-4-11(19)8-12/h2-10H,1H3,(H3,20,21,24,26). The van der Waals surface area contributed by atoms with Gasteiger partial charge in [0.1, 0.15) is 5.69 Å². The first-order valence-corrected chi connectivity index (χ1v) is 8.44. The van der Waals surface area contributed by atoms with Crippen molar-refractivity contribution in [1.29, 1.82) is 0 Å². The number of hydrogen-bond acceptors (Lipinski definition) is 6. The molecule has 3 aromatic rings. The van der Waals surface area contributed by atoms with Crippen LogP contribution in [-0.4, -0.2) is 33.8 Å². The van der Waals surface area contributed by atoms with E-state index in [-0.39, 0.29) is 5.69 Å². The Morgan fingerprint density at radius 1 is 1.25 bits per heavy atom. The van der Waals surface area contributed by atoms with Crippen molar-refractivity contribution in [1.82, 2.24) is 15.1 Å². The van der Waals surface area contributed by atoms with Crippen molar-refractivity contribution in [3.8, 4) is 17.1 Å². The van der Waals surface area contributed by atoms with Gasteiger partial charge in [-0.1, -0.05) is 17.7 Å². The maximum atomic E-state index is 12.4. The van der Waals surface area contributed by atoms with Crippen LogP contribution in [0.1, 0.15) is 17.4 Å². The molecule has 0 aliphatic heterocycles. The van der Waals surface area contributed by atoms with Crippen LogP contribution in [0.5, 0.6) is 0 Å². The normalized spacial score (nSPS) is 11.6. The van der Waals surface area contributed by atoms with Crippen LogP contribution in [0.25, 0.3) is 17.1 Å². The van der Waals surface area contributed by atoms with Gasteiger partial charge in [-0.25, -0.2) is 14.3 Å². The lowest BCUT2D eigenvalue weighted by molar-refractivity contribution is -0.127. The van der Waals surface area contributed by atoms with Crippen LogP contribution in [0.3, 0.4) is 0 Å². The highest BCUT2D eigenvalue weighted by atomic mass is 35.5. The lowest BCUT2D eigenvalue weighted by atomic mass is 10.2. The number of carbonyl (C=O) groups is 3. The molecule has 1 aromatic carbocycles. The van der Waals surface area contributed by atoms with Gasteiger partial charge in [0.25, 0.3) is 5.91 Å². The smallest absolute Gasteiger partial charge is 0.359 e. The van der Waals surface area contributed by atoms with Gasteiger partial charge in [-0.15, -0.1) is 0 Å². The minimum Gasteiger partial charge on any atom is -0.463 e. The quantitative estimate of drug-likeness (QED) is 0.631. The van der Waals surface area contributed by atoms with Crippen LogP contribution in [0.4, 0.5) is 4.79 Å². The van der Waals surface area contributed by atoms with Crippen molar-refractivity contribution in [2.45, 2.75) is 13.0 Å². The van der Waals surface area contributed by atoms with Crippen LogP contribution < -0.4 is 11.1 Å². The summed E-state index contributed by atoms with van der Waals surface area (Å²) in [7, 11) is 0. The van der Waals surface area contributed by atoms with Gasteiger partial charge in [0.15, 0.2) is 17.6 Å². The summed E-state index contributed by atoms with van der Waals surface area (Å²) < 4.78 is 11.9. The molecule has 0 aliphatic carbocycles. The molecule has 3 N–H and O–H groups in total. The molecule has 0 spiro atoms. The van der Waals surface area contributed by atoms with E-state index in [1.807, 2.05) is 5.32 Å². The Kier molecular flexibility index (Phi) is 5.46. The molecule has 0 saturated heterocycles. The van der Waals surface area contributed by atoms with Crippen molar-refractivity contribution in [3.63, 3.8) is 0 Å². The molecule has 0 aliphatic rings. The van der Waals surface area contributed by atoms with Crippen LogP contribution in [0, 0.1) is 0 Å². The molecule has 2 aromatic heterocycles. The topological polar surface area (TPSA) is 129 Å². The molecular formula is C18H15ClN4O5. The van der Waals surface area contributed by atoms with Crippen LogP contribution in [0.15, 0.2) is 53.1 Å². The lowest BCUT2D eigenvalue weighted by Gasteiger charge is -2.10.